The van der Waals surface area contributed by atoms with Gasteiger partial charge >= 0.3 is 0 Å². The lowest BCUT2D eigenvalue weighted by molar-refractivity contribution is -0.121. The molecule has 0 bridgehead atoms. The molecule has 4 heteroatoms. The zero-order chi connectivity index (χ0) is 21.7. The maximum absolute atomic E-state index is 11.9. The average molecular weight is 419 g/mol. The first kappa shape index (κ1) is 26.3. The van der Waals surface area contributed by atoms with E-state index in [2.05, 4.69) is 17.6 Å². The van der Waals surface area contributed by atoms with Crippen molar-refractivity contribution in [2.24, 2.45) is 0 Å². The highest BCUT2D eigenvalue weighted by Gasteiger charge is 2.01. The Morgan fingerprint density at radius 2 is 1.17 bits per heavy atom. The minimum absolute atomic E-state index is 0.150. The van der Waals surface area contributed by atoms with Gasteiger partial charge in [-0.15, -0.1) is 0 Å². The van der Waals surface area contributed by atoms with E-state index in [0.29, 0.717) is 19.5 Å². The smallest absolute Gasteiger partial charge is 0.220 e. The molecule has 30 heavy (non-hydrogen) atoms. The molecule has 0 aliphatic carbocycles. The Hall–Kier alpha value is -1.71. The van der Waals surface area contributed by atoms with E-state index in [4.69, 9.17) is 0 Å². The van der Waals surface area contributed by atoms with Gasteiger partial charge in [-0.05, 0) is 30.7 Å². The van der Waals surface area contributed by atoms with E-state index in [1.54, 1.807) is 12.1 Å². The lowest BCUT2D eigenvalue weighted by Gasteiger charge is -2.08. The number of phenolic OH excluding ortho intramolecular Hbond substituents is 1. The normalized spacial score (nSPS) is 10.8. The molecule has 0 aromatic heterocycles. The summed E-state index contributed by atoms with van der Waals surface area (Å²) < 4.78 is 0. The van der Waals surface area contributed by atoms with Crippen LogP contribution in [0.15, 0.2) is 24.3 Å². The summed E-state index contributed by atoms with van der Waals surface area (Å²) in [6.07, 6.45) is 20.8. The largest absolute Gasteiger partial charge is 0.508 e. The molecule has 1 aromatic carbocycles. The van der Waals surface area contributed by atoms with Gasteiger partial charge in [0.25, 0.3) is 0 Å². The Morgan fingerprint density at radius 1 is 0.700 bits per heavy atom. The number of hydrogen-bond acceptors (Lipinski definition) is 3. The Kier molecular flexibility index (Phi) is 16.9. The van der Waals surface area contributed by atoms with Gasteiger partial charge in [0, 0.05) is 25.2 Å². The number of aromatic hydroxyl groups is 1. The van der Waals surface area contributed by atoms with Crippen LogP contribution < -0.4 is 10.6 Å². The van der Waals surface area contributed by atoms with Crippen LogP contribution >= 0.6 is 0 Å². The Bertz CT molecular complexity index is 516. The number of anilines is 1. The second-order valence-corrected chi connectivity index (χ2v) is 8.52. The molecule has 0 fully saturated rings. The zero-order valence-corrected chi connectivity index (χ0v) is 19.4. The highest BCUT2D eigenvalue weighted by atomic mass is 16.3. The summed E-state index contributed by atoms with van der Waals surface area (Å²) in [5, 5.41) is 15.4. The van der Waals surface area contributed by atoms with Gasteiger partial charge in [0.2, 0.25) is 5.91 Å². The first-order valence-electron chi connectivity index (χ1n) is 12.5. The van der Waals surface area contributed by atoms with Crippen LogP contribution in [0.5, 0.6) is 5.75 Å². The number of hydrogen-bond donors (Lipinski definition) is 3. The van der Waals surface area contributed by atoms with Crippen LogP contribution in [0.25, 0.3) is 0 Å². The van der Waals surface area contributed by atoms with Crippen LogP contribution in [0.4, 0.5) is 5.69 Å². The van der Waals surface area contributed by atoms with E-state index < -0.39 is 0 Å². The monoisotopic (exact) mass is 418 g/mol. The summed E-state index contributed by atoms with van der Waals surface area (Å²) in [6, 6.07) is 6.95. The fraction of sp³-hybridized carbons (Fsp3) is 0.731. The Morgan fingerprint density at radius 3 is 1.67 bits per heavy atom. The molecule has 0 spiro atoms. The summed E-state index contributed by atoms with van der Waals surface area (Å²) in [4.78, 5) is 11.9. The van der Waals surface area contributed by atoms with Gasteiger partial charge in [0.15, 0.2) is 0 Å². The van der Waals surface area contributed by atoms with E-state index in [1.807, 2.05) is 12.1 Å². The van der Waals surface area contributed by atoms with Crippen molar-refractivity contribution in [1.29, 1.82) is 0 Å². The zero-order valence-electron chi connectivity index (χ0n) is 19.4. The molecular formula is C26H46N2O2. The molecule has 4 nitrogen and oxygen atoms in total. The third-order valence-electron chi connectivity index (χ3n) is 5.65. The minimum Gasteiger partial charge on any atom is -0.508 e. The molecule has 0 aliphatic rings. The number of amides is 1. The molecular weight excluding hydrogens is 372 g/mol. The number of rotatable bonds is 20. The van der Waals surface area contributed by atoms with Crippen LogP contribution in [0, 0.1) is 0 Å². The molecule has 0 atom stereocenters. The Labute approximate surface area is 185 Å². The lowest BCUT2D eigenvalue weighted by Crippen LogP contribution is -2.28. The van der Waals surface area contributed by atoms with Crippen molar-refractivity contribution in [3.05, 3.63) is 24.3 Å². The number of benzene rings is 1. The number of carbonyl (C=O) groups excluding carboxylic acids is 1. The summed E-state index contributed by atoms with van der Waals surface area (Å²) in [5.74, 6) is 0.412. The van der Waals surface area contributed by atoms with Crippen molar-refractivity contribution in [2.75, 3.05) is 18.4 Å². The van der Waals surface area contributed by atoms with Crippen molar-refractivity contribution >= 4 is 11.6 Å². The van der Waals surface area contributed by atoms with Gasteiger partial charge in [0.1, 0.15) is 5.75 Å². The number of nitrogens with one attached hydrogen (secondary N) is 2. The van der Waals surface area contributed by atoms with E-state index >= 15 is 0 Å². The maximum Gasteiger partial charge on any atom is 0.220 e. The molecule has 172 valence electrons. The second kappa shape index (κ2) is 19.3. The molecule has 0 saturated heterocycles. The molecule has 1 rings (SSSR count). The van der Waals surface area contributed by atoms with Crippen molar-refractivity contribution in [1.82, 2.24) is 5.32 Å². The van der Waals surface area contributed by atoms with Gasteiger partial charge in [-0.2, -0.15) is 0 Å². The lowest BCUT2D eigenvalue weighted by atomic mass is 10.0. The van der Waals surface area contributed by atoms with Crippen molar-refractivity contribution in [3.8, 4) is 5.75 Å². The third-order valence-corrected chi connectivity index (χ3v) is 5.65. The SMILES string of the molecule is CCCCCCCCCCCCCCCCCC(=O)NCCNc1ccc(O)cc1. The molecule has 0 radical (unpaired) electrons. The van der Waals surface area contributed by atoms with E-state index in [1.165, 1.54) is 83.5 Å². The first-order chi connectivity index (χ1) is 14.7. The van der Waals surface area contributed by atoms with Crippen LogP contribution in [-0.2, 0) is 4.79 Å². The number of phenols is 1. The minimum atomic E-state index is 0.150. The molecule has 0 aliphatic heterocycles. The van der Waals surface area contributed by atoms with Crippen molar-refractivity contribution in [2.45, 2.75) is 110 Å². The molecule has 3 N–H and O–H groups in total. The van der Waals surface area contributed by atoms with Crippen molar-refractivity contribution < 1.29 is 9.90 Å². The van der Waals surface area contributed by atoms with Crippen molar-refractivity contribution in [3.63, 3.8) is 0 Å². The molecule has 0 unspecified atom stereocenters. The van der Waals surface area contributed by atoms with Crippen LogP contribution in [0.2, 0.25) is 0 Å². The van der Waals surface area contributed by atoms with E-state index in [-0.39, 0.29) is 11.7 Å². The summed E-state index contributed by atoms with van der Waals surface area (Å²) in [7, 11) is 0. The Balaban J connectivity index is 1.78. The number of unbranched alkanes of at least 4 members (excludes halogenated alkanes) is 14. The summed E-state index contributed by atoms with van der Waals surface area (Å²) in [5.41, 5.74) is 0.949. The van der Waals surface area contributed by atoms with Gasteiger partial charge in [0.05, 0.1) is 0 Å². The topological polar surface area (TPSA) is 61.4 Å². The highest BCUT2D eigenvalue weighted by molar-refractivity contribution is 5.75. The second-order valence-electron chi connectivity index (χ2n) is 8.52. The summed E-state index contributed by atoms with van der Waals surface area (Å²) in [6.45, 7) is 3.59. The molecule has 0 saturated carbocycles. The standard InChI is InChI=1S/C26H46N2O2/c1-2-3-4-5-6-7-8-9-10-11-12-13-14-15-16-17-26(30)28-23-22-27-24-18-20-25(29)21-19-24/h18-21,27,29H,2-17,22-23H2,1H3,(H,28,30). The fourth-order valence-corrected chi connectivity index (χ4v) is 3.73. The average Bonchev–Trinajstić information content (AvgIpc) is 2.75. The van der Waals surface area contributed by atoms with Crippen LogP contribution in [-0.4, -0.2) is 24.1 Å². The predicted octanol–water partition coefficient (Wildman–Crippen LogP) is 7.18. The third kappa shape index (κ3) is 16.1. The first-order valence-corrected chi connectivity index (χ1v) is 12.5. The fourth-order valence-electron chi connectivity index (χ4n) is 3.73. The maximum atomic E-state index is 11.9. The van der Waals surface area contributed by atoms with Gasteiger partial charge in [-0.1, -0.05) is 96.8 Å². The van der Waals surface area contributed by atoms with Crippen LogP contribution in [0.1, 0.15) is 110 Å². The molecule has 1 amide bonds. The summed E-state index contributed by atoms with van der Waals surface area (Å²) >= 11 is 0. The predicted molar refractivity (Wildman–Crippen MR) is 129 cm³/mol. The van der Waals surface area contributed by atoms with Gasteiger partial charge in [-0.25, -0.2) is 0 Å². The molecule has 1 aromatic rings. The van der Waals surface area contributed by atoms with Gasteiger partial charge < -0.3 is 15.7 Å². The molecule has 0 heterocycles. The van der Waals surface area contributed by atoms with Crippen LogP contribution in [0.3, 0.4) is 0 Å². The van der Waals surface area contributed by atoms with E-state index in [0.717, 1.165) is 18.5 Å². The van der Waals surface area contributed by atoms with E-state index in [9.17, 15) is 9.90 Å². The van der Waals surface area contributed by atoms with Gasteiger partial charge in [-0.3, -0.25) is 4.79 Å². The highest BCUT2D eigenvalue weighted by Crippen LogP contribution is 2.14. The quantitative estimate of drug-likeness (QED) is 0.155. The number of carbonyl (C=O) groups is 1.